The van der Waals surface area contributed by atoms with Crippen LogP contribution in [0, 0.1) is 0 Å². The summed E-state index contributed by atoms with van der Waals surface area (Å²) in [7, 11) is 0. The Morgan fingerprint density at radius 2 is 1.34 bits per heavy atom. The first-order valence-electron chi connectivity index (χ1n) is 12.3. The van der Waals surface area contributed by atoms with Crippen LogP contribution in [0.4, 0.5) is 0 Å². The van der Waals surface area contributed by atoms with Crippen molar-refractivity contribution in [3.05, 3.63) is 81.4 Å². The highest BCUT2D eigenvalue weighted by Gasteiger charge is 2.19. The van der Waals surface area contributed by atoms with Gasteiger partial charge in [0.15, 0.2) is 0 Å². The molecule has 32 heavy (non-hydrogen) atoms. The predicted molar refractivity (Wildman–Crippen MR) is 148 cm³/mol. The van der Waals surface area contributed by atoms with Gasteiger partial charge in [0.2, 0.25) is 0 Å². The van der Waals surface area contributed by atoms with Crippen molar-refractivity contribution >= 4 is 24.3 Å². The molecule has 0 aliphatic carbocycles. The van der Waals surface area contributed by atoms with Crippen LogP contribution in [0.1, 0.15) is 101 Å². The van der Waals surface area contributed by atoms with Gasteiger partial charge in [-0.3, -0.25) is 0 Å². The standard InChI is InChI=1S/C32H42/c1-9-14-26-19-20-28(21-23(6)7)29(16-11-3)31(26)32-27(15-10-2)18-17-25(13-5)30(32)22-24(8)12-4/h11,13,16-22H,5,9-10,12,14-15H2,1-4,6-8H3/b16-11-,24-22-. The van der Waals surface area contributed by atoms with E-state index in [4.69, 9.17) is 0 Å². The molecular formula is C32H42. The molecule has 0 aliphatic heterocycles. The molecule has 0 nitrogen and oxygen atoms in total. The van der Waals surface area contributed by atoms with E-state index in [1.165, 1.54) is 55.7 Å². The van der Waals surface area contributed by atoms with Crippen LogP contribution in [0.15, 0.2) is 48.1 Å². The maximum Gasteiger partial charge on any atom is -0.00643 e. The Kier molecular flexibility index (Phi) is 9.97. The molecule has 0 N–H and O–H groups in total. The molecule has 0 saturated heterocycles. The van der Waals surface area contributed by atoms with Gasteiger partial charge in [-0.25, -0.2) is 0 Å². The highest BCUT2D eigenvalue weighted by molar-refractivity contribution is 5.91. The van der Waals surface area contributed by atoms with Gasteiger partial charge in [0, 0.05) is 0 Å². The van der Waals surface area contributed by atoms with E-state index < -0.39 is 0 Å². The number of aryl methyl sites for hydroxylation is 2. The van der Waals surface area contributed by atoms with Gasteiger partial charge in [-0.05, 0) is 91.5 Å². The zero-order valence-corrected chi connectivity index (χ0v) is 21.4. The van der Waals surface area contributed by atoms with Crippen LogP contribution in [0.3, 0.4) is 0 Å². The monoisotopic (exact) mass is 426 g/mol. The molecule has 2 aromatic rings. The molecule has 2 aromatic carbocycles. The molecule has 0 atom stereocenters. The average molecular weight is 427 g/mol. The molecule has 0 radical (unpaired) electrons. The van der Waals surface area contributed by atoms with Gasteiger partial charge in [-0.1, -0.05) is 106 Å². The lowest BCUT2D eigenvalue weighted by Crippen LogP contribution is -2.03. The van der Waals surface area contributed by atoms with E-state index in [0.29, 0.717) is 0 Å². The number of benzene rings is 2. The van der Waals surface area contributed by atoms with Crippen molar-refractivity contribution in [2.75, 3.05) is 0 Å². The largest absolute Gasteiger partial charge is 0.0984 e. The van der Waals surface area contributed by atoms with Crippen LogP contribution in [-0.4, -0.2) is 0 Å². The maximum absolute atomic E-state index is 4.16. The van der Waals surface area contributed by atoms with E-state index in [1.54, 1.807) is 0 Å². The number of hydrogen-bond donors (Lipinski definition) is 0. The summed E-state index contributed by atoms with van der Waals surface area (Å²) >= 11 is 0. The normalized spacial score (nSPS) is 11.8. The Labute approximate surface area is 197 Å². The summed E-state index contributed by atoms with van der Waals surface area (Å²) in [5.41, 5.74) is 13.6. The predicted octanol–water partition coefficient (Wildman–Crippen LogP) is 10.2. The van der Waals surface area contributed by atoms with E-state index >= 15 is 0 Å². The second-order valence-corrected chi connectivity index (χ2v) is 8.98. The van der Waals surface area contributed by atoms with Crippen molar-refractivity contribution in [2.24, 2.45) is 0 Å². The molecule has 0 aliphatic rings. The molecule has 0 aromatic heterocycles. The fourth-order valence-electron chi connectivity index (χ4n) is 4.37. The Balaban J connectivity index is 3.14. The molecule has 0 unspecified atom stereocenters. The first-order chi connectivity index (χ1) is 15.4. The molecule has 0 fully saturated rings. The molecule has 0 amide bonds. The van der Waals surface area contributed by atoms with Gasteiger partial charge in [0.05, 0.1) is 0 Å². The summed E-state index contributed by atoms with van der Waals surface area (Å²) < 4.78 is 0. The van der Waals surface area contributed by atoms with Crippen LogP contribution in [-0.2, 0) is 12.8 Å². The van der Waals surface area contributed by atoms with Crippen molar-refractivity contribution in [1.29, 1.82) is 0 Å². The number of allylic oxidation sites excluding steroid dienone is 3. The number of rotatable bonds is 10. The summed E-state index contributed by atoms with van der Waals surface area (Å²) in [6, 6.07) is 9.25. The molecular weight excluding hydrogens is 384 g/mol. The van der Waals surface area contributed by atoms with Gasteiger partial charge in [0.1, 0.15) is 0 Å². The summed E-state index contributed by atoms with van der Waals surface area (Å²) in [5, 5.41) is 0. The summed E-state index contributed by atoms with van der Waals surface area (Å²) in [6.45, 7) is 19.7. The SMILES string of the molecule is C=Cc1ccc(CCC)c(-c2c(CCC)ccc(C=C(C)C)c2/C=C\C)c1/C=C(/C)CC. The van der Waals surface area contributed by atoms with E-state index in [2.05, 4.69) is 104 Å². The minimum absolute atomic E-state index is 1.05. The van der Waals surface area contributed by atoms with Crippen LogP contribution in [0.2, 0.25) is 0 Å². The van der Waals surface area contributed by atoms with E-state index in [9.17, 15) is 0 Å². The second-order valence-electron chi connectivity index (χ2n) is 8.98. The third-order valence-electron chi connectivity index (χ3n) is 5.97. The third-order valence-corrected chi connectivity index (χ3v) is 5.97. The molecule has 0 heterocycles. The van der Waals surface area contributed by atoms with E-state index in [0.717, 1.165) is 32.1 Å². The first kappa shape index (κ1) is 25.7. The zero-order valence-electron chi connectivity index (χ0n) is 21.4. The third kappa shape index (κ3) is 6.00. The van der Waals surface area contributed by atoms with Crippen molar-refractivity contribution < 1.29 is 0 Å². The van der Waals surface area contributed by atoms with Crippen LogP contribution in [0.5, 0.6) is 0 Å². The summed E-state index contributed by atoms with van der Waals surface area (Å²) in [5.74, 6) is 0. The Morgan fingerprint density at radius 3 is 1.81 bits per heavy atom. The lowest BCUT2D eigenvalue weighted by molar-refractivity contribution is 0.912. The molecule has 170 valence electrons. The lowest BCUT2D eigenvalue weighted by atomic mass is 9.81. The highest BCUT2D eigenvalue weighted by Crippen LogP contribution is 2.40. The van der Waals surface area contributed by atoms with Crippen molar-refractivity contribution in [2.45, 2.75) is 80.6 Å². The molecule has 0 spiro atoms. The Hall–Kier alpha value is -2.60. The first-order valence-corrected chi connectivity index (χ1v) is 12.3. The van der Waals surface area contributed by atoms with E-state index in [-0.39, 0.29) is 0 Å². The minimum Gasteiger partial charge on any atom is -0.0984 e. The average Bonchev–Trinajstić information content (AvgIpc) is 2.76. The maximum atomic E-state index is 4.16. The Bertz CT molecular complexity index is 1020. The van der Waals surface area contributed by atoms with Gasteiger partial charge >= 0.3 is 0 Å². The van der Waals surface area contributed by atoms with Gasteiger partial charge in [-0.15, -0.1) is 0 Å². The van der Waals surface area contributed by atoms with Gasteiger partial charge in [0.25, 0.3) is 0 Å². The van der Waals surface area contributed by atoms with Crippen LogP contribution in [0.25, 0.3) is 35.4 Å². The van der Waals surface area contributed by atoms with Crippen molar-refractivity contribution in [3.8, 4) is 11.1 Å². The lowest BCUT2D eigenvalue weighted by Gasteiger charge is -2.23. The van der Waals surface area contributed by atoms with E-state index in [1.807, 2.05) is 6.08 Å². The quantitative estimate of drug-likeness (QED) is 0.354. The fourth-order valence-corrected chi connectivity index (χ4v) is 4.37. The Morgan fingerprint density at radius 1 is 0.781 bits per heavy atom. The topological polar surface area (TPSA) is 0 Å². The fraction of sp³-hybridized carbons (Fsp3) is 0.375. The summed E-state index contributed by atoms with van der Waals surface area (Å²) in [6.07, 6.45) is 16.7. The molecule has 0 heteroatoms. The smallest absolute Gasteiger partial charge is 0.00643 e. The van der Waals surface area contributed by atoms with Crippen LogP contribution >= 0.6 is 0 Å². The molecule has 0 bridgehead atoms. The second kappa shape index (κ2) is 12.4. The minimum atomic E-state index is 1.05. The number of hydrogen-bond acceptors (Lipinski definition) is 0. The van der Waals surface area contributed by atoms with Crippen molar-refractivity contribution in [3.63, 3.8) is 0 Å². The zero-order chi connectivity index (χ0) is 23.7. The summed E-state index contributed by atoms with van der Waals surface area (Å²) in [4.78, 5) is 0. The van der Waals surface area contributed by atoms with Crippen LogP contribution < -0.4 is 0 Å². The molecule has 0 saturated carbocycles. The van der Waals surface area contributed by atoms with Gasteiger partial charge in [-0.2, -0.15) is 0 Å². The van der Waals surface area contributed by atoms with Crippen molar-refractivity contribution in [1.82, 2.24) is 0 Å². The van der Waals surface area contributed by atoms with Gasteiger partial charge < -0.3 is 0 Å². The molecule has 2 rings (SSSR count). The highest BCUT2D eigenvalue weighted by atomic mass is 14.2.